The molecular weight excluding hydrogens is 360 g/mol. The Kier molecular flexibility index (Phi) is 12.0. The van der Waals surface area contributed by atoms with Crippen molar-refractivity contribution in [2.24, 2.45) is 0 Å². The Morgan fingerprint density at radius 3 is 0.600 bits per heavy atom. The van der Waals surface area contributed by atoms with Gasteiger partial charge in [-0.2, -0.15) is 0 Å². The highest BCUT2D eigenvalue weighted by atomic mass is 14.2. The number of benzene rings is 1. The molecule has 1 aromatic rings. The average molecular weight is 411 g/mol. The van der Waals surface area contributed by atoms with Crippen molar-refractivity contribution in [1.82, 2.24) is 0 Å². The lowest BCUT2D eigenvalue weighted by Crippen LogP contribution is -2.04. The second-order valence-corrected chi connectivity index (χ2v) is 10.5. The summed E-state index contributed by atoms with van der Waals surface area (Å²) in [6, 6.07) is 5.39. The molecule has 4 bridgehead atoms. The summed E-state index contributed by atoms with van der Waals surface area (Å²) in [7, 11) is 0. The summed E-state index contributed by atoms with van der Waals surface area (Å²) < 4.78 is 0. The Labute approximate surface area is 188 Å². The van der Waals surface area contributed by atoms with Gasteiger partial charge in [0.25, 0.3) is 0 Å². The lowest BCUT2D eigenvalue weighted by atomic mass is 9.87. The van der Waals surface area contributed by atoms with E-state index in [9.17, 15) is 0 Å². The van der Waals surface area contributed by atoms with Crippen molar-refractivity contribution in [2.75, 3.05) is 0 Å². The zero-order valence-electron chi connectivity index (χ0n) is 20.1. The molecule has 0 nitrogen and oxygen atoms in total. The topological polar surface area (TPSA) is 0 Å². The number of hydrogen-bond donors (Lipinski definition) is 0. The third-order valence-electron chi connectivity index (χ3n) is 7.81. The predicted octanol–water partition coefficient (Wildman–Crippen LogP) is 9.69. The van der Waals surface area contributed by atoms with E-state index < -0.39 is 0 Å². The van der Waals surface area contributed by atoms with Crippen molar-refractivity contribution in [3.05, 3.63) is 34.4 Å². The van der Waals surface area contributed by atoms with Crippen LogP contribution >= 0.6 is 0 Å². The van der Waals surface area contributed by atoms with Crippen molar-refractivity contribution in [2.45, 2.75) is 154 Å². The van der Waals surface area contributed by atoms with Crippen molar-refractivity contribution in [3.63, 3.8) is 0 Å². The van der Waals surface area contributed by atoms with Gasteiger partial charge in [-0.15, -0.1) is 0 Å². The highest BCUT2D eigenvalue weighted by Gasteiger charge is 2.11. The molecule has 4 aliphatic rings. The quantitative estimate of drug-likeness (QED) is 0.399. The van der Waals surface area contributed by atoms with Crippen LogP contribution < -0.4 is 0 Å². The summed E-state index contributed by atoms with van der Waals surface area (Å²) in [5.74, 6) is 0. The normalized spacial score (nSPS) is 22.1. The summed E-state index contributed by atoms with van der Waals surface area (Å²) in [6.07, 6.45) is 34.4. The largest absolute Gasteiger partial charge is 0.0553 e. The van der Waals surface area contributed by atoms with E-state index in [4.69, 9.17) is 0 Å². The van der Waals surface area contributed by atoms with Gasteiger partial charge < -0.3 is 0 Å². The summed E-state index contributed by atoms with van der Waals surface area (Å²) in [4.78, 5) is 0. The molecule has 0 spiro atoms. The van der Waals surface area contributed by atoms with Crippen LogP contribution in [0.1, 0.15) is 151 Å². The minimum absolute atomic E-state index is 1.34. The van der Waals surface area contributed by atoms with E-state index in [1.165, 1.54) is 154 Å². The van der Waals surface area contributed by atoms with Gasteiger partial charge in [0.1, 0.15) is 0 Å². The highest BCUT2D eigenvalue weighted by Crippen LogP contribution is 2.26. The van der Waals surface area contributed by atoms with Crippen LogP contribution in [-0.4, -0.2) is 0 Å². The van der Waals surface area contributed by atoms with Gasteiger partial charge in [-0.1, -0.05) is 115 Å². The number of aryl methyl sites for hydroxylation is 4. The molecule has 5 rings (SSSR count). The number of rotatable bonds is 0. The van der Waals surface area contributed by atoms with Crippen LogP contribution in [0.4, 0.5) is 0 Å². The molecule has 0 N–H and O–H groups in total. The van der Waals surface area contributed by atoms with Crippen LogP contribution in [0, 0.1) is 0 Å². The van der Waals surface area contributed by atoms with Gasteiger partial charge >= 0.3 is 0 Å². The monoisotopic (exact) mass is 410 g/mol. The lowest BCUT2D eigenvalue weighted by molar-refractivity contribution is 0.543. The van der Waals surface area contributed by atoms with Crippen LogP contribution in [-0.2, 0) is 25.7 Å². The summed E-state index contributed by atoms with van der Waals surface area (Å²) in [6.45, 7) is 0. The molecule has 1 aromatic carbocycles. The molecule has 4 aliphatic carbocycles. The fourth-order valence-corrected chi connectivity index (χ4v) is 5.81. The van der Waals surface area contributed by atoms with Gasteiger partial charge in [0, 0.05) is 0 Å². The minimum atomic E-state index is 1.34. The molecule has 0 saturated heterocycles. The van der Waals surface area contributed by atoms with Gasteiger partial charge in [-0.25, -0.2) is 0 Å². The molecule has 30 heavy (non-hydrogen) atoms. The van der Waals surface area contributed by atoms with Crippen LogP contribution in [0.3, 0.4) is 0 Å². The Bertz CT molecular complexity index is 471. The van der Waals surface area contributed by atoms with Crippen molar-refractivity contribution >= 4 is 0 Å². The zero-order chi connectivity index (χ0) is 20.7. The molecule has 0 fully saturated rings. The first-order chi connectivity index (χ1) is 14.9. The molecular formula is C30H50. The first-order valence-electron chi connectivity index (χ1n) is 14.1. The maximum Gasteiger partial charge on any atom is -0.0276 e. The Morgan fingerprint density at radius 2 is 0.400 bits per heavy atom. The first kappa shape index (κ1) is 23.9. The fourth-order valence-electron chi connectivity index (χ4n) is 5.81. The molecule has 0 unspecified atom stereocenters. The standard InChI is InChI=1S/C30H50/c1-2-6-10-14-18-22-28-26-29-23-19-15-11-7-3-4-8-12-16-20-24-30(28)25-27(29)21-17-13-9-5-1/h25-26H,1-24H2. The summed E-state index contributed by atoms with van der Waals surface area (Å²) in [5.41, 5.74) is 6.92. The third-order valence-corrected chi connectivity index (χ3v) is 7.81. The van der Waals surface area contributed by atoms with Gasteiger partial charge in [0.2, 0.25) is 0 Å². The Hall–Kier alpha value is -0.780. The second kappa shape index (κ2) is 15.1. The first-order valence-corrected chi connectivity index (χ1v) is 14.1. The average Bonchev–Trinajstić information content (AvgIpc) is 2.74. The molecule has 0 heterocycles. The molecule has 170 valence electrons. The second-order valence-electron chi connectivity index (χ2n) is 10.5. The smallest absolute Gasteiger partial charge is 0.0276 e. The number of fused-ring (bicyclic) bond motifs is 22. The molecule has 0 aromatic heterocycles. The molecule has 0 saturated carbocycles. The van der Waals surface area contributed by atoms with Gasteiger partial charge in [0.15, 0.2) is 0 Å². The van der Waals surface area contributed by atoms with E-state index in [1.807, 2.05) is 0 Å². The van der Waals surface area contributed by atoms with E-state index in [0.717, 1.165) is 0 Å². The van der Waals surface area contributed by atoms with E-state index in [-0.39, 0.29) is 0 Å². The predicted molar refractivity (Wildman–Crippen MR) is 134 cm³/mol. The summed E-state index contributed by atoms with van der Waals surface area (Å²) in [5, 5.41) is 0. The van der Waals surface area contributed by atoms with Gasteiger partial charge in [-0.05, 0) is 73.6 Å². The van der Waals surface area contributed by atoms with E-state index in [1.54, 1.807) is 22.3 Å². The molecule has 0 heteroatoms. The van der Waals surface area contributed by atoms with E-state index in [0.29, 0.717) is 0 Å². The van der Waals surface area contributed by atoms with Crippen molar-refractivity contribution < 1.29 is 0 Å². The van der Waals surface area contributed by atoms with E-state index >= 15 is 0 Å². The molecule has 0 atom stereocenters. The zero-order valence-corrected chi connectivity index (χ0v) is 20.1. The molecule has 0 aliphatic heterocycles. The maximum atomic E-state index is 2.70. The lowest BCUT2D eigenvalue weighted by Gasteiger charge is -2.18. The Morgan fingerprint density at radius 1 is 0.233 bits per heavy atom. The van der Waals surface area contributed by atoms with E-state index in [2.05, 4.69) is 12.1 Å². The Balaban J connectivity index is 1.75. The third kappa shape index (κ3) is 9.15. The summed E-state index contributed by atoms with van der Waals surface area (Å²) >= 11 is 0. The maximum absolute atomic E-state index is 2.70. The highest BCUT2D eigenvalue weighted by molar-refractivity contribution is 5.39. The fraction of sp³-hybridized carbons (Fsp3) is 0.800. The van der Waals surface area contributed by atoms with Crippen LogP contribution in [0.25, 0.3) is 0 Å². The van der Waals surface area contributed by atoms with Crippen molar-refractivity contribution in [1.29, 1.82) is 0 Å². The van der Waals surface area contributed by atoms with Crippen LogP contribution in [0.2, 0.25) is 0 Å². The number of hydrogen-bond acceptors (Lipinski definition) is 0. The van der Waals surface area contributed by atoms with Crippen molar-refractivity contribution in [3.8, 4) is 0 Å². The SMILES string of the molecule is c1c2c3cc(c1CCCCCCCCCCCC3)CCCCCCCCCCCC2. The van der Waals surface area contributed by atoms with Gasteiger partial charge in [0.05, 0.1) is 0 Å². The van der Waals surface area contributed by atoms with Crippen LogP contribution in [0.15, 0.2) is 12.1 Å². The van der Waals surface area contributed by atoms with Gasteiger partial charge in [-0.3, -0.25) is 0 Å². The van der Waals surface area contributed by atoms with Crippen LogP contribution in [0.5, 0.6) is 0 Å². The molecule has 0 amide bonds. The molecule has 0 radical (unpaired) electrons. The minimum Gasteiger partial charge on any atom is -0.0553 e.